The van der Waals surface area contributed by atoms with Crippen LogP contribution in [0.2, 0.25) is 5.02 Å². The number of nitrogens with one attached hydrogen (secondary N) is 2. The number of hydrogen-bond donors (Lipinski definition) is 2. The van der Waals surface area contributed by atoms with Gasteiger partial charge in [-0.15, -0.1) is 0 Å². The summed E-state index contributed by atoms with van der Waals surface area (Å²) < 4.78 is 10.5. The van der Waals surface area contributed by atoms with Gasteiger partial charge in [0.15, 0.2) is 0 Å². The van der Waals surface area contributed by atoms with E-state index in [0.717, 1.165) is 5.69 Å². The number of amides is 1. The molecule has 0 aliphatic carbocycles. The fourth-order valence-electron chi connectivity index (χ4n) is 2.43. The normalized spacial score (nSPS) is 11.0. The molecule has 0 radical (unpaired) electrons. The van der Waals surface area contributed by atoms with E-state index < -0.39 is 0 Å². The SMILES string of the molecule is COc1cc(NCC(=O)Nc2ccc(C(C)(C)C)cc2)c(OC)cc1Cl. The average molecular weight is 377 g/mol. The minimum absolute atomic E-state index is 0.0777. The fourth-order valence-corrected chi connectivity index (χ4v) is 2.66. The van der Waals surface area contributed by atoms with Gasteiger partial charge in [0.2, 0.25) is 5.91 Å². The van der Waals surface area contributed by atoms with Crippen LogP contribution in [0.15, 0.2) is 36.4 Å². The summed E-state index contributed by atoms with van der Waals surface area (Å²) in [7, 11) is 3.07. The third kappa shape index (κ3) is 5.05. The molecule has 0 aliphatic heterocycles. The first-order valence-electron chi connectivity index (χ1n) is 8.30. The number of rotatable bonds is 6. The Hall–Kier alpha value is -2.40. The summed E-state index contributed by atoms with van der Waals surface area (Å²) in [4.78, 5) is 12.2. The highest BCUT2D eigenvalue weighted by Gasteiger charge is 2.14. The van der Waals surface area contributed by atoms with Gasteiger partial charge in [0, 0.05) is 17.8 Å². The van der Waals surface area contributed by atoms with Gasteiger partial charge in [-0.3, -0.25) is 4.79 Å². The molecule has 0 bridgehead atoms. The maximum Gasteiger partial charge on any atom is 0.243 e. The molecule has 0 atom stereocenters. The number of carbonyl (C=O) groups excluding carboxylic acids is 1. The van der Waals surface area contributed by atoms with Gasteiger partial charge in [0.1, 0.15) is 11.5 Å². The van der Waals surface area contributed by atoms with Crippen molar-refractivity contribution >= 4 is 28.9 Å². The fraction of sp³-hybridized carbons (Fsp3) is 0.350. The summed E-state index contributed by atoms with van der Waals surface area (Å²) in [5.41, 5.74) is 2.68. The van der Waals surface area contributed by atoms with E-state index in [1.54, 1.807) is 19.2 Å². The lowest BCUT2D eigenvalue weighted by Crippen LogP contribution is -2.22. The summed E-state index contributed by atoms with van der Waals surface area (Å²) in [6, 6.07) is 11.2. The molecule has 2 N–H and O–H groups in total. The van der Waals surface area contributed by atoms with Crippen LogP contribution in [0.5, 0.6) is 11.5 Å². The second kappa shape index (κ2) is 8.32. The Labute approximate surface area is 159 Å². The van der Waals surface area contributed by atoms with Gasteiger partial charge in [-0.1, -0.05) is 44.5 Å². The summed E-state index contributed by atoms with van der Waals surface area (Å²) in [6.45, 7) is 6.54. The molecule has 2 rings (SSSR count). The van der Waals surface area contributed by atoms with Crippen LogP contribution in [0, 0.1) is 0 Å². The first kappa shape index (κ1) is 19.9. The second-order valence-electron chi connectivity index (χ2n) is 6.92. The molecule has 6 heteroatoms. The minimum atomic E-state index is -0.163. The van der Waals surface area contributed by atoms with Crippen LogP contribution < -0.4 is 20.1 Å². The Morgan fingerprint density at radius 3 is 2.19 bits per heavy atom. The molecule has 5 nitrogen and oxygen atoms in total. The van der Waals surface area contributed by atoms with E-state index in [0.29, 0.717) is 22.2 Å². The molecular weight excluding hydrogens is 352 g/mol. The van der Waals surface area contributed by atoms with E-state index in [9.17, 15) is 4.79 Å². The lowest BCUT2D eigenvalue weighted by atomic mass is 9.87. The Bertz CT molecular complexity index is 768. The van der Waals surface area contributed by atoms with E-state index >= 15 is 0 Å². The number of carbonyl (C=O) groups is 1. The van der Waals surface area contributed by atoms with Crippen LogP contribution in [0.4, 0.5) is 11.4 Å². The molecule has 2 aromatic carbocycles. The van der Waals surface area contributed by atoms with Crippen LogP contribution in [-0.4, -0.2) is 26.7 Å². The number of benzene rings is 2. The summed E-state index contributed by atoms with van der Waals surface area (Å²) in [6.07, 6.45) is 0. The number of methoxy groups -OCH3 is 2. The largest absolute Gasteiger partial charge is 0.495 e. The smallest absolute Gasteiger partial charge is 0.243 e. The quantitative estimate of drug-likeness (QED) is 0.766. The summed E-state index contributed by atoms with van der Waals surface area (Å²) >= 11 is 6.08. The molecule has 0 saturated heterocycles. The van der Waals surface area contributed by atoms with Crippen molar-refractivity contribution in [1.82, 2.24) is 0 Å². The average Bonchev–Trinajstić information content (AvgIpc) is 2.60. The van der Waals surface area contributed by atoms with E-state index in [2.05, 4.69) is 31.4 Å². The van der Waals surface area contributed by atoms with Gasteiger partial charge in [-0.25, -0.2) is 0 Å². The first-order valence-corrected chi connectivity index (χ1v) is 8.68. The maximum absolute atomic E-state index is 12.2. The van der Waals surface area contributed by atoms with E-state index in [1.807, 2.05) is 24.3 Å². The molecule has 2 aromatic rings. The van der Waals surface area contributed by atoms with Crippen LogP contribution in [-0.2, 0) is 10.2 Å². The molecular formula is C20H25ClN2O3. The molecule has 0 saturated carbocycles. The number of halogens is 1. The predicted octanol–water partition coefficient (Wildman–Crippen LogP) is 4.71. The maximum atomic E-state index is 12.2. The van der Waals surface area contributed by atoms with Crippen molar-refractivity contribution in [2.24, 2.45) is 0 Å². The monoisotopic (exact) mass is 376 g/mol. The summed E-state index contributed by atoms with van der Waals surface area (Å²) in [5, 5.41) is 6.36. The Morgan fingerprint density at radius 2 is 1.65 bits per heavy atom. The lowest BCUT2D eigenvalue weighted by molar-refractivity contribution is -0.114. The topological polar surface area (TPSA) is 59.6 Å². The van der Waals surface area contributed by atoms with Crippen molar-refractivity contribution in [2.75, 3.05) is 31.4 Å². The Morgan fingerprint density at radius 1 is 1.04 bits per heavy atom. The van der Waals surface area contributed by atoms with Crippen molar-refractivity contribution in [2.45, 2.75) is 26.2 Å². The van der Waals surface area contributed by atoms with Crippen molar-refractivity contribution in [3.8, 4) is 11.5 Å². The molecule has 0 aromatic heterocycles. The summed E-state index contributed by atoms with van der Waals surface area (Å²) in [5.74, 6) is 0.885. The van der Waals surface area contributed by atoms with Gasteiger partial charge in [-0.05, 0) is 23.1 Å². The highest BCUT2D eigenvalue weighted by molar-refractivity contribution is 6.32. The van der Waals surface area contributed by atoms with E-state index in [1.165, 1.54) is 12.7 Å². The first-order chi connectivity index (χ1) is 12.2. The molecule has 0 aliphatic rings. The third-order valence-corrected chi connectivity index (χ3v) is 4.24. The third-order valence-electron chi connectivity index (χ3n) is 3.95. The Balaban J connectivity index is 2.01. The van der Waals surface area contributed by atoms with Crippen molar-refractivity contribution in [3.63, 3.8) is 0 Å². The predicted molar refractivity (Wildman–Crippen MR) is 107 cm³/mol. The van der Waals surface area contributed by atoms with Crippen molar-refractivity contribution in [3.05, 3.63) is 47.0 Å². The highest BCUT2D eigenvalue weighted by Crippen LogP contribution is 2.35. The molecule has 0 fully saturated rings. The standard InChI is InChI=1S/C20H25ClN2O3/c1-20(2,3)13-6-8-14(9-7-13)23-19(24)12-22-16-11-17(25-4)15(21)10-18(16)26-5/h6-11,22H,12H2,1-5H3,(H,23,24). The minimum Gasteiger partial charge on any atom is -0.495 e. The van der Waals surface area contributed by atoms with Gasteiger partial charge >= 0.3 is 0 Å². The second-order valence-corrected chi connectivity index (χ2v) is 7.32. The van der Waals surface area contributed by atoms with Gasteiger partial charge in [-0.2, -0.15) is 0 Å². The Kier molecular flexibility index (Phi) is 6.37. The lowest BCUT2D eigenvalue weighted by Gasteiger charge is -2.19. The molecule has 0 heterocycles. The molecule has 1 amide bonds. The van der Waals surface area contributed by atoms with Crippen LogP contribution in [0.1, 0.15) is 26.3 Å². The van der Waals surface area contributed by atoms with Gasteiger partial charge in [0.25, 0.3) is 0 Å². The van der Waals surface area contributed by atoms with Crippen LogP contribution >= 0.6 is 11.6 Å². The number of hydrogen-bond acceptors (Lipinski definition) is 4. The van der Waals surface area contributed by atoms with E-state index in [-0.39, 0.29) is 17.9 Å². The zero-order valence-corrected chi connectivity index (χ0v) is 16.5. The van der Waals surface area contributed by atoms with Crippen LogP contribution in [0.25, 0.3) is 0 Å². The van der Waals surface area contributed by atoms with Crippen molar-refractivity contribution in [1.29, 1.82) is 0 Å². The van der Waals surface area contributed by atoms with Crippen LogP contribution in [0.3, 0.4) is 0 Å². The zero-order valence-electron chi connectivity index (χ0n) is 15.8. The van der Waals surface area contributed by atoms with Crippen molar-refractivity contribution < 1.29 is 14.3 Å². The van der Waals surface area contributed by atoms with Gasteiger partial charge in [0.05, 0.1) is 31.5 Å². The van der Waals surface area contributed by atoms with E-state index in [4.69, 9.17) is 21.1 Å². The van der Waals surface area contributed by atoms with Gasteiger partial charge < -0.3 is 20.1 Å². The molecule has 0 unspecified atom stereocenters. The molecule has 140 valence electrons. The highest BCUT2D eigenvalue weighted by atomic mass is 35.5. The number of ether oxygens (including phenoxy) is 2. The zero-order chi connectivity index (χ0) is 19.3. The molecule has 0 spiro atoms. The molecule has 26 heavy (non-hydrogen) atoms. The number of anilines is 2.